The number of thiophene rings is 1. The molecule has 158 valence electrons. The minimum absolute atomic E-state index is 0.268. The largest absolute Gasteiger partial charge is 0.345 e. The SMILES string of the molecule is CC1C2CCC(CC2)C1Cc1nc(-c2c[nH]c3ncncc23)nc(-c2cccs2)c1F. The van der Waals surface area contributed by atoms with E-state index in [0.29, 0.717) is 41.4 Å². The summed E-state index contributed by atoms with van der Waals surface area (Å²) in [4.78, 5) is 21.9. The van der Waals surface area contributed by atoms with E-state index < -0.39 is 0 Å². The van der Waals surface area contributed by atoms with Crippen LogP contribution in [0.4, 0.5) is 4.39 Å². The van der Waals surface area contributed by atoms with E-state index in [1.807, 2.05) is 23.7 Å². The maximum atomic E-state index is 15.7. The molecule has 2 unspecified atom stereocenters. The molecule has 0 aliphatic heterocycles. The van der Waals surface area contributed by atoms with E-state index in [2.05, 4.69) is 26.9 Å². The second-order valence-electron chi connectivity index (χ2n) is 9.02. The second kappa shape index (κ2) is 7.48. The van der Waals surface area contributed by atoms with Crippen molar-refractivity contribution in [3.05, 3.63) is 47.7 Å². The summed E-state index contributed by atoms with van der Waals surface area (Å²) in [6.07, 6.45) is 11.0. The van der Waals surface area contributed by atoms with Gasteiger partial charge in [-0.25, -0.2) is 24.3 Å². The quantitative estimate of drug-likeness (QED) is 0.435. The Labute approximate surface area is 184 Å². The summed E-state index contributed by atoms with van der Waals surface area (Å²) in [5.41, 5.74) is 2.49. The molecule has 4 aromatic rings. The molecule has 7 heteroatoms. The van der Waals surface area contributed by atoms with Crippen molar-refractivity contribution in [2.75, 3.05) is 0 Å². The minimum Gasteiger partial charge on any atom is -0.345 e. The van der Waals surface area contributed by atoms with Gasteiger partial charge in [-0.1, -0.05) is 13.0 Å². The molecule has 0 aromatic carbocycles. The van der Waals surface area contributed by atoms with E-state index in [4.69, 9.17) is 4.98 Å². The number of nitrogens with one attached hydrogen (secondary N) is 1. The molecule has 4 heterocycles. The van der Waals surface area contributed by atoms with Crippen LogP contribution in [0.25, 0.3) is 33.0 Å². The number of aromatic amines is 1. The average molecular weight is 434 g/mol. The molecule has 3 saturated carbocycles. The summed E-state index contributed by atoms with van der Waals surface area (Å²) in [5, 5.41) is 2.81. The van der Waals surface area contributed by atoms with Crippen molar-refractivity contribution in [1.29, 1.82) is 0 Å². The van der Waals surface area contributed by atoms with Gasteiger partial charge in [-0.15, -0.1) is 11.3 Å². The third-order valence-corrected chi connectivity index (χ3v) is 8.42. The molecule has 0 amide bonds. The van der Waals surface area contributed by atoms with Gasteiger partial charge >= 0.3 is 0 Å². The minimum atomic E-state index is -0.268. The maximum Gasteiger partial charge on any atom is 0.171 e. The van der Waals surface area contributed by atoms with E-state index in [1.165, 1.54) is 43.3 Å². The zero-order valence-electron chi connectivity index (χ0n) is 17.4. The van der Waals surface area contributed by atoms with Gasteiger partial charge in [0.15, 0.2) is 11.6 Å². The van der Waals surface area contributed by atoms with Crippen molar-refractivity contribution in [3.8, 4) is 22.0 Å². The van der Waals surface area contributed by atoms with E-state index in [-0.39, 0.29) is 5.82 Å². The first-order chi connectivity index (χ1) is 15.2. The Morgan fingerprint density at radius 2 is 2.00 bits per heavy atom. The molecule has 0 saturated heterocycles. The predicted octanol–water partition coefficient (Wildman–Crippen LogP) is 5.90. The normalized spacial score (nSPS) is 25.4. The molecule has 2 atom stereocenters. The number of hydrogen-bond donors (Lipinski definition) is 1. The number of nitrogens with zero attached hydrogens (tertiary/aromatic N) is 4. The van der Waals surface area contributed by atoms with Gasteiger partial charge in [-0.2, -0.15) is 0 Å². The standard InChI is InChI=1S/C24H24FN5S/c1-13-14-4-6-15(7-5-14)16(13)9-19-21(25)22(20-3-2-8-31-20)30-24(29-19)18-11-27-23-17(18)10-26-12-28-23/h2-3,8,10-16H,4-7,9H2,1H3,(H,26,27,28). The first kappa shape index (κ1) is 19.0. The highest BCUT2D eigenvalue weighted by Gasteiger charge is 2.41. The second-order valence-corrected chi connectivity index (χ2v) is 9.97. The lowest BCUT2D eigenvalue weighted by Gasteiger charge is -2.47. The van der Waals surface area contributed by atoms with E-state index >= 15 is 4.39 Å². The highest BCUT2D eigenvalue weighted by Crippen LogP contribution is 2.50. The van der Waals surface area contributed by atoms with Crippen molar-refractivity contribution >= 4 is 22.4 Å². The predicted molar refractivity (Wildman–Crippen MR) is 120 cm³/mol. The van der Waals surface area contributed by atoms with Crippen molar-refractivity contribution < 1.29 is 4.39 Å². The van der Waals surface area contributed by atoms with Crippen molar-refractivity contribution in [2.45, 2.75) is 39.0 Å². The number of halogens is 1. The Bertz CT molecular complexity index is 1220. The third-order valence-electron chi connectivity index (χ3n) is 7.54. The Balaban J connectivity index is 1.48. The van der Waals surface area contributed by atoms with Gasteiger partial charge in [0.05, 0.1) is 10.6 Å². The van der Waals surface area contributed by atoms with Crippen LogP contribution in [0.15, 0.2) is 36.2 Å². The molecule has 31 heavy (non-hydrogen) atoms. The van der Waals surface area contributed by atoms with Gasteiger partial charge in [0.25, 0.3) is 0 Å². The highest BCUT2D eigenvalue weighted by molar-refractivity contribution is 7.13. The topological polar surface area (TPSA) is 67.3 Å². The highest BCUT2D eigenvalue weighted by atomic mass is 32.1. The van der Waals surface area contributed by atoms with Crippen LogP contribution in [0.2, 0.25) is 0 Å². The molecule has 3 aliphatic rings. The molecule has 0 spiro atoms. The molecule has 5 nitrogen and oxygen atoms in total. The lowest BCUT2D eigenvalue weighted by Crippen LogP contribution is -2.39. The van der Waals surface area contributed by atoms with Gasteiger partial charge in [0.1, 0.15) is 17.7 Å². The summed E-state index contributed by atoms with van der Waals surface area (Å²) >= 11 is 1.50. The molecule has 4 aromatic heterocycles. The van der Waals surface area contributed by atoms with Crippen molar-refractivity contribution in [1.82, 2.24) is 24.9 Å². The summed E-state index contributed by atoms with van der Waals surface area (Å²) in [6.45, 7) is 2.36. The maximum absolute atomic E-state index is 15.7. The summed E-state index contributed by atoms with van der Waals surface area (Å²) in [6, 6.07) is 3.86. The van der Waals surface area contributed by atoms with Crippen LogP contribution < -0.4 is 0 Å². The Kier molecular flexibility index (Phi) is 4.60. The lowest BCUT2D eigenvalue weighted by molar-refractivity contribution is 0.0334. The molecule has 1 N–H and O–H groups in total. The van der Waals surface area contributed by atoms with Crippen molar-refractivity contribution in [3.63, 3.8) is 0 Å². The van der Waals surface area contributed by atoms with Crippen LogP contribution in [0.1, 0.15) is 38.3 Å². The summed E-state index contributed by atoms with van der Waals surface area (Å²) in [5.74, 6) is 2.85. The fraction of sp³-hybridized carbons (Fsp3) is 0.417. The molecule has 3 fully saturated rings. The number of H-pyrrole nitrogens is 1. The van der Waals surface area contributed by atoms with Gasteiger partial charge in [0.2, 0.25) is 0 Å². The van der Waals surface area contributed by atoms with E-state index in [1.54, 1.807) is 6.20 Å². The zero-order chi connectivity index (χ0) is 20.9. The van der Waals surface area contributed by atoms with Gasteiger partial charge in [-0.3, -0.25) is 0 Å². The Morgan fingerprint density at radius 1 is 1.16 bits per heavy atom. The van der Waals surface area contributed by atoms with Crippen LogP contribution in [0, 0.1) is 29.5 Å². The van der Waals surface area contributed by atoms with E-state index in [0.717, 1.165) is 27.4 Å². The fourth-order valence-electron chi connectivity index (χ4n) is 5.82. The van der Waals surface area contributed by atoms with Crippen LogP contribution in [0.5, 0.6) is 0 Å². The van der Waals surface area contributed by atoms with Gasteiger partial charge in [-0.05, 0) is 67.2 Å². The van der Waals surface area contributed by atoms with Crippen molar-refractivity contribution in [2.24, 2.45) is 23.7 Å². The molecular formula is C24H24FN5S. The monoisotopic (exact) mass is 433 g/mol. The number of aromatic nitrogens is 5. The average Bonchev–Trinajstić information content (AvgIpc) is 3.48. The van der Waals surface area contributed by atoms with Crippen LogP contribution >= 0.6 is 11.3 Å². The molecule has 2 bridgehead atoms. The Morgan fingerprint density at radius 3 is 2.77 bits per heavy atom. The smallest absolute Gasteiger partial charge is 0.171 e. The lowest BCUT2D eigenvalue weighted by atomic mass is 9.58. The molecular weight excluding hydrogens is 409 g/mol. The molecule has 7 rings (SSSR count). The van der Waals surface area contributed by atoms with Crippen LogP contribution in [0.3, 0.4) is 0 Å². The van der Waals surface area contributed by atoms with Gasteiger partial charge in [0, 0.05) is 23.3 Å². The van der Waals surface area contributed by atoms with Crippen LogP contribution in [-0.2, 0) is 6.42 Å². The van der Waals surface area contributed by atoms with E-state index in [9.17, 15) is 0 Å². The number of fused-ring (bicyclic) bond motifs is 4. The van der Waals surface area contributed by atoms with Gasteiger partial charge < -0.3 is 4.98 Å². The number of hydrogen-bond acceptors (Lipinski definition) is 5. The Hall–Kier alpha value is -2.67. The van der Waals surface area contributed by atoms with Crippen LogP contribution in [-0.4, -0.2) is 24.9 Å². The number of rotatable bonds is 4. The first-order valence-corrected chi connectivity index (χ1v) is 11.9. The third kappa shape index (κ3) is 3.17. The summed E-state index contributed by atoms with van der Waals surface area (Å²) < 4.78 is 15.7. The first-order valence-electron chi connectivity index (χ1n) is 11.1. The molecule has 0 radical (unpaired) electrons. The fourth-order valence-corrected chi connectivity index (χ4v) is 6.53. The molecule has 3 aliphatic carbocycles. The summed E-state index contributed by atoms with van der Waals surface area (Å²) in [7, 11) is 0. The zero-order valence-corrected chi connectivity index (χ0v) is 18.2.